The third-order valence-electron chi connectivity index (χ3n) is 2.15. The minimum Gasteiger partial charge on any atom is -0.383 e. The van der Waals surface area contributed by atoms with Crippen LogP contribution < -0.4 is 4.90 Å². The maximum absolute atomic E-state index is 5.15. The summed E-state index contributed by atoms with van der Waals surface area (Å²) in [5, 5.41) is 7.84. The van der Waals surface area contributed by atoms with E-state index in [1.165, 1.54) is 11.3 Å². The van der Waals surface area contributed by atoms with Crippen molar-refractivity contribution in [2.75, 3.05) is 38.9 Å². The van der Waals surface area contributed by atoms with Crippen molar-refractivity contribution in [3.8, 4) is 0 Å². The van der Waals surface area contributed by atoms with E-state index in [1.54, 1.807) is 14.2 Å². The van der Waals surface area contributed by atoms with Crippen LogP contribution in [0.15, 0.2) is 0 Å². The molecule has 1 heterocycles. The Labute approximate surface area is 104 Å². The first kappa shape index (κ1) is 13.6. The summed E-state index contributed by atoms with van der Waals surface area (Å²) in [6.07, 6.45) is 0. The Bertz CT molecular complexity index is 353. The quantitative estimate of drug-likeness (QED) is 0.759. The number of aromatic amines is 1. The van der Waals surface area contributed by atoms with Gasteiger partial charge in [-0.2, -0.15) is 0 Å². The molecular formula is C9H17N3O2S2. The summed E-state index contributed by atoms with van der Waals surface area (Å²) in [5.41, 5.74) is 0. The number of hydrogen-bond acceptors (Lipinski definition) is 6. The fraction of sp³-hybridized carbons (Fsp3) is 0.778. The van der Waals surface area contributed by atoms with Crippen LogP contribution in [0.1, 0.15) is 6.92 Å². The lowest BCUT2D eigenvalue weighted by molar-refractivity contribution is 0.171. The van der Waals surface area contributed by atoms with Crippen LogP contribution in [0.2, 0.25) is 0 Å². The van der Waals surface area contributed by atoms with Crippen molar-refractivity contribution in [2.24, 2.45) is 0 Å². The Hall–Kier alpha value is -0.500. The highest BCUT2D eigenvalue weighted by Gasteiger charge is 2.16. The second-order valence-electron chi connectivity index (χ2n) is 3.39. The molecule has 0 aliphatic carbocycles. The largest absolute Gasteiger partial charge is 0.383 e. The van der Waals surface area contributed by atoms with Crippen molar-refractivity contribution in [1.82, 2.24) is 10.2 Å². The van der Waals surface area contributed by atoms with Crippen LogP contribution in [0.5, 0.6) is 0 Å². The number of anilines is 1. The lowest BCUT2D eigenvalue weighted by Gasteiger charge is -2.27. The molecule has 0 aromatic carbocycles. The Balaban J connectivity index is 2.73. The second kappa shape index (κ2) is 6.95. The van der Waals surface area contributed by atoms with Gasteiger partial charge in [-0.15, -0.1) is 5.10 Å². The van der Waals surface area contributed by atoms with Gasteiger partial charge in [-0.05, 0) is 19.1 Å². The molecule has 92 valence electrons. The number of ether oxygens (including phenoxy) is 2. The monoisotopic (exact) mass is 263 g/mol. The van der Waals surface area contributed by atoms with Crippen molar-refractivity contribution < 1.29 is 9.47 Å². The number of nitrogens with zero attached hydrogens (tertiary/aromatic N) is 2. The first-order valence-corrected chi connectivity index (χ1v) is 6.21. The number of methoxy groups -OCH3 is 2. The standard InChI is InChI=1S/C9H17N3O2S2/c1-7(6-14-3)12(4-5-13-2)8-10-11-9(15)16-8/h7H,4-6H2,1-3H3,(H,11,15). The molecule has 0 aliphatic rings. The molecular weight excluding hydrogens is 246 g/mol. The Morgan fingerprint density at radius 3 is 2.75 bits per heavy atom. The van der Waals surface area contributed by atoms with Crippen molar-refractivity contribution in [3.63, 3.8) is 0 Å². The average Bonchev–Trinajstić information content (AvgIpc) is 2.66. The molecule has 16 heavy (non-hydrogen) atoms. The lowest BCUT2D eigenvalue weighted by atomic mass is 10.3. The van der Waals surface area contributed by atoms with E-state index in [-0.39, 0.29) is 6.04 Å². The third kappa shape index (κ3) is 3.82. The van der Waals surface area contributed by atoms with Gasteiger partial charge in [-0.25, -0.2) is 0 Å². The number of H-pyrrole nitrogens is 1. The minimum atomic E-state index is 0.245. The van der Waals surface area contributed by atoms with Gasteiger partial charge >= 0.3 is 0 Å². The fourth-order valence-electron chi connectivity index (χ4n) is 1.37. The number of rotatable bonds is 7. The zero-order valence-electron chi connectivity index (χ0n) is 9.73. The lowest BCUT2D eigenvalue weighted by Crippen LogP contribution is -2.38. The topological polar surface area (TPSA) is 50.4 Å². The van der Waals surface area contributed by atoms with Gasteiger partial charge in [0.2, 0.25) is 5.13 Å². The second-order valence-corrected chi connectivity index (χ2v) is 5.03. The van der Waals surface area contributed by atoms with E-state index in [4.69, 9.17) is 21.7 Å². The van der Waals surface area contributed by atoms with Crippen LogP contribution in [0.4, 0.5) is 5.13 Å². The molecule has 7 heteroatoms. The molecule has 0 aliphatic heterocycles. The molecule has 1 rings (SSSR count). The SMILES string of the molecule is COCCN(c1n[nH]c(=S)s1)C(C)COC. The van der Waals surface area contributed by atoms with Crippen molar-refractivity contribution in [1.29, 1.82) is 0 Å². The average molecular weight is 263 g/mol. The molecule has 0 fully saturated rings. The Kier molecular flexibility index (Phi) is 5.89. The van der Waals surface area contributed by atoms with Gasteiger partial charge in [0.15, 0.2) is 3.95 Å². The maximum atomic E-state index is 5.15. The van der Waals surface area contributed by atoms with E-state index in [0.29, 0.717) is 17.2 Å². The maximum Gasteiger partial charge on any atom is 0.207 e. The van der Waals surface area contributed by atoms with Crippen LogP contribution in [-0.4, -0.2) is 50.2 Å². The summed E-state index contributed by atoms with van der Waals surface area (Å²) >= 11 is 6.49. The minimum absolute atomic E-state index is 0.245. The van der Waals surface area contributed by atoms with Crippen molar-refractivity contribution in [3.05, 3.63) is 3.95 Å². The van der Waals surface area contributed by atoms with Gasteiger partial charge in [0, 0.05) is 20.8 Å². The summed E-state index contributed by atoms with van der Waals surface area (Å²) in [6, 6.07) is 0.245. The molecule has 1 aromatic rings. The Morgan fingerprint density at radius 1 is 1.50 bits per heavy atom. The molecule has 0 radical (unpaired) electrons. The molecule has 0 spiro atoms. The van der Waals surface area contributed by atoms with E-state index in [9.17, 15) is 0 Å². The molecule has 0 saturated heterocycles. The summed E-state index contributed by atoms with van der Waals surface area (Å²) in [4.78, 5) is 2.13. The van der Waals surface area contributed by atoms with E-state index < -0.39 is 0 Å². The summed E-state index contributed by atoms with van der Waals surface area (Å²) in [5.74, 6) is 0. The van der Waals surface area contributed by atoms with E-state index >= 15 is 0 Å². The zero-order valence-corrected chi connectivity index (χ0v) is 11.4. The van der Waals surface area contributed by atoms with Gasteiger partial charge in [0.05, 0.1) is 19.3 Å². The van der Waals surface area contributed by atoms with Crippen LogP contribution in [0.3, 0.4) is 0 Å². The number of aromatic nitrogens is 2. The van der Waals surface area contributed by atoms with Crippen LogP contribution in [0, 0.1) is 3.95 Å². The molecule has 1 unspecified atom stereocenters. The highest BCUT2D eigenvalue weighted by Crippen LogP contribution is 2.19. The van der Waals surface area contributed by atoms with Gasteiger partial charge in [0.25, 0.3) is 0 Å². The highest BCUT2D eigenvalue weighted by molar-refractivity contribution is 7.73. The predicted octanol–water partition coefficient (Wildman–Crippen LogP) is 1.69. The normalized spacial score (nSPS) is 12.7. The molecule has 0 saturated carbocycles. The smallest absolute Gasteiger partial charge is 0.207 e. The summed E-state index contributed by atoms with van der Waals surface area (Å²) in [7, 11) is 3.38. The van der Waals surface area contributed by atoms with Gasteiger partial charge < -0.3 is 14.4 Å². The van der Waals surface area contributed by atoms with Crippen molar-refractivity contribution >= 4 is 28.7 Å². The van der Waals surface area contributed by atoms with E-state index in [1.807, 2.05) is 0 Å². The first-order valence-electron chi connectivity index (χ1n) is 4.99. The van der Waals surface area contributed by atoms with Gasteiger partial charge in [-0.3, -0.25) is 5.10 Å². The molecule has 1 aromatic heterocycles. The van der Waals surface area contributed by atoms with Crippen LogP contribution in [0.25, 0.3) is 0 Å². The Morgan fingerprint density at radius 2 is 2.25 bits per heavy atom. The molecule has 1 N–H and O–H groups in total. The predicted molar refractivity (Wildman–Crippen MR) is 67.9 cm³/mol. The van der Waals surface area contributed by atoms with Gasteiger partial charge in [0.1, 0.15) is 0 Å². The zero-order chi connectivity index (χ0) is 12.0. The molecule has 0 bridgehead atoms. The third-order valence-corrected chi connectivity index (χ3v) is 3.28. The van der Waals surface area contributed by atoms with E-state index in [2.05, 4.69) is 22.0 Å². The highest BCUT2D eigenvalue weighted by atomic mass is 32.1. The number of nitrogens with one attached hydrogen (secondary N) is 1. The first-order chi connectivity index (χ1) is 7.69. The van der Waals surface area contributed by atoms with Gasteiger partial charge in [-0.1, -0.05) is 11.3 Å². The molecule has 5 nitrogen and oxygen atoms in total. The fourth-order valence-corrected chi connectivity index (χ4v) is 2.38. The molecule has 0 amide bonds. The van der Waals surface area contributed by atoms with Crippen LogP contribution >= 0.6 is 23.6 Å². The van der Waals surface area contributed by atoms with Crippen molar-refractivity contribution in [2.45, 2.75) is 13.0 Å². The number of hydrogen-bond donors (Lipinski definition) is 1. The summed E-state index contributed by atoms with van der Waals surface area (Å²) in [6.45, 7) is 4.16. The summed E-state index contributed by atoms with van der Waals surface area (Å²) < 4.78 is 10.9. The molecule has 1 atom stereocenters. The van der Waals surface area contributed by atoms with Crippen LogP contribution in [-0.2, 0) is 9.47 Å². The van der Waals surface area contributed by atoms with E-state index in [0.717, 1.165) is 11.7 Å².